The number of benzene rings is 1. The van der Waals surface area contributed by atoms with Gasteiger partial charge in [-0.2, -0.15) is 0 Å². The molecule has 0 aliphatic carbocycles. The van der Waals surface area contributed by atoms with Crippen molar-refractivity contribution in [2.24, 2.45) is 0 Å². The summed E-state index contributed by atoms with van der Waals surface area (Å²) in [6.45, 7) is 6.59. The Labute approximate surface area is 119 Å². The molecule has 0 fully saturated rings. The van der Waals surface area contributed by atoms with E-state index in [2.05, 4.69) is 15.6 Å². The van der Waals surface area contributed by atoms with E-state index in [1.165, 1.54) is 0 Å². The largest absolute Gasteiger partial charge is 0.385 e. The number of anilines is 2. The third kappa shape index (κ3) is 3.15. The number of rotatable bonds is 4. The number of nitrogens with one attached hydrogen (secondary N) is 2. The van der Waals surface area contributed by atoms with Crippen molar-refractivity contribution in [3.63, 3.8) is 0 Å². The molecule has 1 heterocycles. The van der Waals surface area contributed by atoms with Gasteiger partial charge in [0, 0.05) is 17.9 Å². The second-order valence-corrected chi connectivity index (χ2v) is 4.62. The van der Waals surface area contributed by atoms with Crippen LogP contribution in [0.1, 0.15) is 28.7 Å². The Balaban J connectivity index is 2.24. The zero-order chi connectivity index (χ0) is 14.5. The first kappa shape index (κ1) is 14.1. The third-order valence-corrected chi connectivity index (χ3v) is 3.01. The molecular weight excluding hydrogens is 250 g/mol. The molecule has 1 amide bonds. The Kier molecular flexibility index (Phi) is 4.35. The molecule has 1 aromatic heterocycles. The maximum atomic E-state index is 12.4. The number of aromatic nitrogens is 1. The predicted octanol–water partition coefficient (Wildman–Crippen LogP) is 3.38. The number of amides is 1. The Bertz CT molecular complexity index is 623. The highest BCUT2D eigenvalue weighted by Gasteiger charge is 2.12. The second-order valence-electron chi connectivity index (χ2n) is 4.62. The van der Waals surface area contributed by atoms with Gasteiger partial charge in [0.25, 0.3) is 5.91 Å². The molecule has 20 heavy (non-hydrogen) atoms. The molecular formula is C16H19N3O. The first-order valence-corrected chi connectivity index (χ1v) is 6.70. The minimum atomic E-state index is -0.129. The lowest BCUT2D eigenvalue weighted by Crippen LogP contribution is -2.15. The Hall–Kier alpha value is -2.36. The minimum Gasteiger partial charge on any atom is -0.385 e. The molecule has 2 N–H and O–H groups in total. The first-order valence-electron chi connectivity index (χ1n) is 6.70. The maximum absolute atomic E-state index is 12.4. The summed E-state index contributed by atoms with van der Waals surface area (Å²) in [7, 11) is 0. The predicted molar refractivity (Wildman–Crippen MR) is 82.3 cm³/mol. The average molecular weight is 269 g/mol. The fraction of sp³-hybridized carbons (Fsp3) is 0.250. The highest BCUT2D eigenvalue weighted by molar-refractivity contribution is 6.08. The molecule has 2 rings (SSSR count). The van der Waals surface area contributed by atoms with Gasteiger partial charge in [-0.1, -0.05) is 12.1 Å². The van der Waals surface area contributed by atoms with Gasteiger partial charge in [0.2, 0.25) is 0 Å². The van der Waals surface area contributed by atoms with Crippen LogP contribution in [-0.2, 0) is 0 Å². The minimum absolute atomic E-state index is 0.129. The maximum Gasteiger partial charge on any atom is 0.257 e. The zero-order valence-corrected chi connectivity index (χ0v) is 12.0. The number of para-hydroxylation sites is 1. The van der Waals surface area contributed by atoms with Crippen molar-refractivity contribution in [1.29, 1.82) is 0 Å². The standard InChI is InChI=1S/C16H19N3O/c1-4-17-15-8-6-5-7-13(15)16(20)19-14-10-9-11(2)18-12(14)3/h5-10,17H,4H2,1-3H3,(H,19,20). The van der Waals surface area contributed by atoms with Crippen LogP contribution in [0, 0.1) is 13.8 Å². The summed E-state index contributed by atoms with van der Waals surface area (Å²) in [5.41, 5.74) is 3.97. The molecule has 0 unspecified atom stereocenters. The summed E-state index contributed by atoms with van der Waals surface area (Å²) in [6, 6.07) is 11.2. The van der Waals surface area contributed by atoms with E-state index in [-0.39, 0.29) is 5.91 Å². The normalized spacial score (nSPS) is 10.2. The number of aryl methyl sites for hydroxylation is 2. The van der Waals surface area contributed by atoms with Gasteiger partial charge < -0.3 is 10.6 Å². The Morgan fingerprint density at radius 2 is 1.85 bits per heavy atom. The van der Waals surface area contributed by atoms with Gasteiger partial charge in [0.15, 0.2) is 0 Å². The lowest BCUT2D eigenvalue weighted by atomic mass is 10.1. The van der Waals surface area contributed by atoms with Crippen LogP contribution in [0.15, 0.2) is 36.4 Å². The summed E-state index contributed by atoms with van der Waals surface area (Å²) in [6.07, 6.45) is 0. The molecule has 0 saturated heterocycles. The average Bonchev–Trinajstić information content (AvgIpc) is 2.43. The fourth-order valence-electron chi connectivity index (χ4n) is 2.03. The van der Waals surface area contributed by atoms with Crippen LogP contribution in [-0.4, -0.2) is 17.4 Å². The van der Waals surface area contributed by atoms with Crippen molar-refractivity contribution in [3.05, 3.63) is 53.3 Å². The van der Waals surface area contributed by atoms with Gasteiger partial charge in [-0.15, -0.1) is 0 Å². The van der Waals surface area contributed by atoms with Gasteiger partial charge in [-0.05, 0) is 45.0 Å². The van der Waals surface area contributed by atoms with Crippen molar-refractivity contribution >= 4 is 17.3 Å². The second kappa shape index (κ2) is 6.19. The Morgan fingerprint density at radius 3 is 2.55 bits per heavy atom. The van der Waals surface area contributed by atoms with Gasteiger partial charge in [0.1, 0.15) is 0 Å². The van der Waals surface area contributed by atoms with Gasteiger partial charge in [-0.3, -0.25) is 9.78 Å². The van der Waals surface area contributed by atoms with E-state index in [4.69, 9.17) is 0 Å². The molecule has 0 atom stereocenters. The van der Waals surface area contributed by atoms with Gasteiger partial charge in [-0.25, -0.2) is 0 Å². The van der Waals surface area contributed by atoms with Crippen LogP contribution < -0.4 is 10.6 Å². The van der Waals surface area contributed by atoms with Crippen LogP contribution in [0.4, 0.5) is 11.4 Å². The van der Waals surface area contributed by atoms with E-state index in [0.717, 1.165) is 29.3 Å². The first-order chi connectivity index (χ1) is 9.61. The molecule has 0 spiro atoms. The van der Waals surface area contributed by atoms with Crippen molar-refractivity contribution in [1.82, 2.24) is 4.98 Å². The van der Waals surface area contributed by atoms with E-state index < -0.39 is 0 Å². The number of carbonyl (C=O) groups excluding carboxylic acids is 1. The van der Waals surface area contributed by atoms with Crippen molar-refractivity contribution in [2.45, 2.75) is 20.8 Å². The molecule has 0 saturated carbocycles. The molecule has 1 aromatic carbocycles. The van der Waals surface area contributed by atoms with Gasteiger partial charge in [0.05, 0.1) is 16.9 Å². The Morgan fingerprint density at radius 1 is 1.10 bits per heavy atom. The molecule has 4 nitrogen and oxygen atoms in total. The van der Waals surface area contributed by atoms with E-state index in [1.807, 2.05) is 57.2 Å². The van der Waals surface area contributed by atoms with Crippen LogP contribution in [0.5, 0.6) is 0 Å². The zero-order valence-electron chi connectivity index (χ0n) is 12.0. The lowest BCUT2D eigenvalue weighted by molar-refractivity contribution is 0.102. The quantitative estimate of drug-likeness (QED) is 0.894. The van der Waals surface area contributed by atoms with Gasteiger partial charge >= 0.3 is 0 Å². The highest BCUT2D eigenvalue weighted by atomic mass is 16.1. The molecule has 2 aromatic rings. The number of hydrogen-bond donors (Lipinski definition) is 2. The highest BCUT2D eigenvalue weighted by Crippen LogP contribution is 2.18. The molecule has 104 valence electrons. The van der Waals surface area contributed by atoms with Crippen LogP contribution in [0.3, 0.4) is 0 Å². The molecule has 0 bridgehead atoms. The van der Waals surface area contributed by atoms with E-state index in [0.29, 0.717) is 5.56 Å². The van der Waals surface area contributed by atoms with Crippen molar-refractivity contribution in [2.75, 3.05) is 17.2 Å². The van der Waals surface area contributed by atoms with Crippen molar-refractivity contribution < 1.29 is 4.79 Å². The summed E-state index contributed by atoms with van der Waals surface area (Å²) in [5, 5.41) is 6.10. The van der Waals surface area contributed by atoms with E-state index >= 15 is 0 Å². The molecule has 0 aliphatic heterocycles. The van der Waals surface area contributed by atoms with E-state index in [1.54, 1.807) is 0 Å². The fourth-order valence-corrected chi connectivity index (χ4v) is 2.03. The van der Waals surface area contributed by atoms with E-state index in [9.17, 15) is 4.79 Å². The molecule has 0 radical (unpaired) electrons. The number of hydrogen-bond acceptors (Lipinski definition) is 3. The van der Waals surface area contributed by atoms with Crippen molar-refractivity contribution in [3.8, 4) is 0 Å². The van der Waals surface area contributed by atoms with Crippen LogP contribution in [0.25, 0.3) is 0 Å². The lowest BCUT2D eigenvalue weighted by Gasteiger charge is -2.12. The number of nitrogens with zero attached hydrogens (tertiary/aromatic N) is 1. The number of carbonyl (C=O) groups is 1. The number of pyridine rings is 1. The summed E-state index contributed by atoms with van der Waals surface area (Å²) in [5.74, 6) is -0.129. The smallest absolute Gasteiger partial charge is 0.257 e. The summed E-state index contributed by atoms with van der Waals surface area (Å²) in [4.78, 5) is 16.7. The van der Waals surface area contributed by atoms with Crippen LogP contribution >= 0.6 is 0 Å². The molecule has 4 heteroatoms. The monoisotopic (exact) mass is 269 g/mol. The topological polar surface area (TPSA) is 54.0 Å². The summed E-state index contributed by atoms with van der Waals surface area (Å²) < 4.78 is 0. The molecule has 0 aliphatic rings. The SMILES string of the molecule is CCNc1ccccc1C(=O)Nc1ccc(C)nc1C. The third-order valence-electron chi connectivity index (χ3n) is 3.01. The van der Waals surface area contributed by atoms with Crippen LogP contribution in [0.2, 0.25) is 0 Å². The summed E-state index contributed by atoms with van der Waals surface area (Å²) >= 11 is 0.